The van der Waals surface area contributed by atoms with E-state index in [2.05, 4.69) is 10.3 Å². The maximum absolute atomic E-state index is 12.7. The van der Waals surface area contributed by atoms with Gasteiger partial charge in [0, 0.05) is 11.1 Å². The normalized spacial score (nSPS) is 11.7. The lowest BCUT2D eigenvalue weighted by Gasteiger charge is -2.16. The van der Waals surface area contributed by atoms with Gasteiger partial charge in [0.25, 0.3) is 5.91 Å². The van der Waals surface area contributed by atoms with E-state index in [1.165, 1.54) is 6.92 Å². The molecule has 6 heteroatoms. The van der Waals surface area contributed by atoms with Crippen LogP contribution in [-0.2, 0) is 9.53 Å². The fraction of sp³-hybridized carbons (Fsp3) is 0.227. The van der Waals surface area contributed by atoms with Crippen LogP contribution in [0.2, 0.25) is 0 Å². The largest absolute Gasteiger partial charge is 0.492 e. The molecular weight excluding hydrogens is 356 g/mol. The minimum absolute atomic E-state index is 0.387. The molecular formula is C22H22N2O4. The highest BCUT2D eigenvalue weighted by molar-refractivity contribution is 6.05. The van der Waals surface area contributed by atoms with Crippen LogP contribution < -0.4 is 10.1 Å². The van der Waals surface area contributed by atoms with Gasteiger partial charge >= 0.3 is 5.97 Å². The van der Waals surface area contributed by atoms with Crippen LogP contribution in [0.1, 0.15) is 29.9 Å². The van der Waals surface area contributed by atoms with E-state index in [1.54, 1.807) is 30.3 Å². The van der Waals surface area contributed by atoms with E-state index in [4.69, 9.17) is 9.47 Å². The Morgan fingerprint density at radius 1 is 1.11 bits per heavy atom. The van der Waals surface area contributed by atoms with E-state index < -0.39 is 18.0 Å². The standard InChI is InChI=1S/C22H22N2O4/c1-4-27-20-12-8-7-11-19(20)24-21(25)15(3)28-22(26)17-13-14(2)23-18-10-6-5-9-16(17)18/h5-13,15H,4H2,1-3H3,(H,24,25)/t15-/m1/s1. The van der Waals surface area contributed by atoms with Crippen molar-refractivity contribution in [1.82, 2.24) is 4.98 Å². The fourth-order valence-electron chi connectivity index (χ4n) is 2.84. The highest BCUT2D eigenvalue weighted by Gasteiger charge is 2.22. The van der Waals surface area contributed by atoms with Crippen LogP contribution in [0.25, 0.3) is 10.9 Å². The average Bonchev–Trinajstić information content (AvgIpc) is 2.68. The molecule has 0 aliphatic heterocycles. The molecule has 0 bridgehead atoms. The van der Waals surface area contributed by atoms with Crippen molar-refractivity contribution in [3.05, 3.63) is 65.9 Å². The summed E-state index contributed by atoms with van der Waals surface area (Å²) >= 11 is 0. The zero-order valence-electron chi connectivity index (χ0n) is 16.1. The van der Waals surface area contributed by atoms with Crippen LogP contribution in [0.4, 0.5) is 5.69 Å². The number of hydrogen-bond acceptors (Lipinski definition) is 5. The van der Waals surface area contributed by atoms with Crippen molar-refractivity contribution in [2.24, 2.45) is 0 Å². The molecule has 1 N–H and O–H groups in total. The maximum Gasteiger partial charge on any atom is 0.339 e. The smallest absolute Gasteiger partial charge is 0.339 e. The van der Waals surface area contributed by atoms with Gasteiger partial charge in [-0.2, -0.15) is 0 Å². The molecule has 1 amide bonds. The van der Waals surface area contributed by atoms with Crippen molar-refractivity contribution in [1.29, 1.82) is 0 Å². The highest BCUT2D eigenvalue weighted by Crippen LogP contribution is 2.24. The predicted octanol–water partition coefficient (Wildman–Crippen LogP) is 4.13. The van der Waals surface area contributed by atoms with Crippen LogP contribution in [0.3, 0.4) is 0 Å². The van der Waals surface area contributed by atoms with Crippen molar-refractivity contribution in [3.63, 3.8) is 0 Å². The van der Waals surface area contributed by atoms with Gasteiger partial charge in [-0.25, -0.2) is 4.79 Å². The number of aryl methyl sites for hydroxylation is 1. The molecule has 1 atom stereocenters. The lowest BCUT2D eigenvalue weighted by atomic mass is 10.1. The molecule has 0 fully saturated rings. The molecule has 1 heterocycles. The van der Waals surface area contributed by atoms with Crippen molar-refractivity contribution >= 4 is 28.5 Å². The Morgan fingerprint density at radius 2 is 1.82 bits per heavy atom. The number of amides is 1. The second-order valence-corrected chi connectivity index (χ2v) is 6.29. The first-order valence-corrected chi connectivity index (χ1v) is 9.09. The molecule has 0 spiro atoms. The van der Waals surface area contributed by atoms with Crippen LogP contribution in [0, 0.1) is 6.92 Å². The zero-order chi connectivity index (χ0) is 20.1. The number of ether oxygens (including phenoxy) is 2. The number of benzene rings is 2. The second kappa shape index (κ2) is 8.52. The molecule has 0 aliphatic carbocycles. The summed E-state index contributed by atoms with van der Waals surface area (Å²) in [6, 6.07) is 16.1. The first-order chi connectivity index (χ1) is 13.5. The number of aromatic nitrogens is 1. The summed E-state index contributed by atoms with van der Waals surface area (Å²) in [5.74, 6) is -0.439. The van der Waals surface area contributed by atoms with E-state index in [-0.39, 0.29) is 0 Å². The van der Waals surface area contributed by atoms with Crippen LogP contribution in [0.5, 0.6) is 5.75 Å². The van der Waals surface area contributed by atoms with Crippen molar-refractivity contribution < 1.29 is 19.1 Å². The number of nitrogens with one attached hydrogen (secondary N) is 1. The molecule has 0 radical (unpaired) electrons. The molecule has 2 aromatic carbocycles. The Hall–Kier alpha value is -3.41. The third-order valence-corrected chi connectivity index (χ3v) is 4.16. The number of fused-ring (bicyclic) bond motifs is 1. The molecule has 0 unspecified atom stereocenters. The molecule has 0 saturated carbocycles. The Labute approximate surface area is 163 Å². The molecule has 3 rings (SSSR count). The number of hydrogen-bond donors (Lipinski definition) is 1. The predicted molar refractivity (Wildman–Crippen MR) is 108 cm³/mol. The number of pyridine rings is 1. The first kappa shape index (κ1) is 19.4. The number of carbonyl (C=O) groups is 2. The van der Waals surface area contributed by atoms with Crippen LogP contribution >= 0.6 is 0 Å². The Balaban J connectivity index is 1.75. The van der Waals surface area contributed by atoms with Crippen molar-refractivity contribution in [2.75, 3.05) is 11.9 Å². The number of carbonyl (C=O) groups excluding carboxylic acids is 2. The van der Waals surface area contributed by atoms with Gasteiger partial charge in [-0.15, -0.1) is 0 Å². The lowest BCUT2D eigenvalue weighted by molar-refractivity contribution is -0.123. The van der Waals surface area contributed by atoms with Gasteiger partial charge in [-0.3, -0.25) is 9.78 Å². The van der Waals surface area contributed by atoms with E-state index >= 15 is 0 Å². The minimum atomic E-state index is -0.977. The number of nitrogens with zero attached hydrogens (tertiary/aromatic N) is 1. The zero-order valence-corrected chi connectivity index (χ0v) is 16.1. The molecule has 1 aromatic heterocycles. The summed E-state index contributed by atoms with van der Waals surface area (Å²) < 4.78 is 10.9. The minimum Gasteiger partial charge on any atom is -0.492 e. The van der Waals surface area contributed by atoms with Gasteiger partial charge < -0.3 is 14.8 Å². The van der Waals surface area contributed by atoms with Gasteiger partial charge in [-0.05, 0) is 45.0 Å². The van der Waals surface area contributed by atoms with Gasteiger partial charge in [0.2, 0.25) is 0 Å². The topological polar surface area (TPSA) is 77.5 Å². The summed E-state index contributed by atoms with van der Waals surface area (Å²) in [7, 11) is 0. The summed E-state index contributed by atoms with van der Waals surface area (Å²) in [6.07, 6.45) is -0.977. The summed E-state index contributed by atoms with van der Waals surface area (Å²) in [4.78, 5) is 29.6. The third kappa shape index (κ3) is 4.28. The molecule has 6 nitrogen and oxygen atoms in total. The summed E-state index contributed by atoms with van der Waals surface area (Å²) in [5.41, 5.74) is 2.32. The Kier molecular flexibility index (Phi) is 5.89. The number of para-hydroxylation sites is 3. The van der Waals surface area contributed by atoms with Crippen LogP contribution in [0.15, 0.2) is 54.6 Å². The molecule has 0 aliphatic rings. The van der Waals surface area contributed by atoms with Gasteiger partial charge in [-0.1, -0.05) is 30.3 Å². The highest BCUT2D eigenvalue weighted by atomic mass is 16.5. The van der Waals surface area contributed by atoms with E-state index in [1.807, 2.05) is 38.1 Å². The number of rotatable bonds is 6. The quantitative estimate of drug-likeness (QED) is 0.653. The SMILES string of the molecule is CCOc1ccccc1NC(=O)[C@@H](C)OC(=O)c1cc(C)nc2ccccc12. The van der Waals surface area contributed by atoms with Crippen molar-refractivity contribution in [3.8, 4) is 5.75 Å². The molecule has 0 saturated heterocycles. The average molecular weight is 378 g/mol. The fourth-order valence-corrected chi connectivity index (χ4v) is 2.84. The van der Waals surface area contributed by atoms with Gasteiger partial charge in [0.05, 0.1) is 23.4 Å². The monoisotopic (exact) mass is 378 g/mol. The summed E-state index contributed by atoms with van der Waals surface area (Å²) in [6.45, 7) is 5.69. The lowest BCUT2D eigenvalue weighted by Crippen LogP contribution is -2.30. The second-order valence-electron chi connectivity index (χ2n) is 6.29. The van der Waals surface area contributed by atoms with Crippen LogP contribution in [-0.4, -0.2) is 29.6 Å². The molecule has 144 valence electrons. The van der Waals surface area contributed by atoms with E-state index in [0.717, 1.165) is 0 Å². The first-order valence-electron chi connectivity index (χ1n) is 9.09. The number of anilines is 1. The molecule has 28 heavy (non-hydrogen) atoms. The maximum atomic E-state index is 12.7. The Morgan fingerprint density at radius 3 is 2.61 bits per heavy atom. The third-order valence-electron chi connectivity index (χ3n) is 4.16. The van der Waals surface area contributed by atoms with E-state index in [0.29, 0.717) is 40.2 Å². The number of esters is 1. The van der Waals surface area contributed by atoms with E-state index in [9.17, 15) is 9.59 Å². The Bertz CT molecular complexity index is 1020. The van der Waals surface area contributed by atoms with Gasteiger partial charge in [0.15, 0.2) is 6.10 Å². The van der Waals surface area contributed by atoms with Crippen molar-refractivity contribution in [2.45, 2.75) is 26.9 Å². The molecule has 3 aromatic rings. The van der Waals surface area contributed by atoms with Gasteiger partial charge in [0.1, 0.15) is 5.75 Å². The summed E-state index contributed by atoms with van der Waals surface area (Å²) in [5, 5.41) is 3.43.